The van der Waals surface area contributed by atoms with Gasteiger partial charge in [-0.25, -0.2) is 4.68 Å². The first-order valence-corrected chi connectivity index (χ1v) is 7.86. The summed E-state index contributed by atoms with van der Waals surface area (Å²) >= 11 is 12.3. The molecule has 1 aliphatic rings. The first-order chi connectivity index (χ1) is 10.7. The number of hydrogen-bond acceptors (Lipinski definition) is 2. The summed E-state index contributed by atoms with van der Waals surface area (Å²) in [6.45, 7) is 0.915. The summed E-state index contributed by atoms with van der Waals surface area (Å²) in [4.78, 5) is 0. The Morgan fingerprint density at radius 2 is 1.77 bits per heavy atom. The van der Waals surface area contributed by atoms with Gasteiger partial charge in [0.05, 0.1) is 16.4 Å². The van der Waals surface area contributed by atoms with Crippen LogP contribution in [0.3, 0.4) is 0 Å². The van der Waals surface area contributed by atoms with Gasteiger partial charge in [-0.3, -0.25) is 0 Å². The number of benzene rings is 2. The number of halogens is 2. The fraction of sp³-hybridized carbons (Fsp3) is 0.118. The predicted molar refractivity (Wildman–Crippen MR) is 91.2 cm³/mol. The molecule has 0 amide bonds. The van der Waals surface area contributed by atoms with Crippen LogP contribution >= 0.6 is 23.2 Å². The minimum absolute atomic E-state index is 0.684. The van der Waals surface area contributed by atoms with Gasteiger partial charge < -0.3 is 5.32 Å². The van der Waals surface area contributed by atoms with Gasteiger partial charge in [-0.05, 0) is 30.7 Å². The van der Waals surface area contributed by atoms with Crippen molar-refractivity contribution in [2.24, 2.45) is 0 Å². The molecule has 3 nitrogen and oxygen atoms in total. The number of hydrogen-bond donors (Lipinski definition) is 1. The Hall–Kier alpha value is -1.97. The molecule has 0 aliphatic carbocycles. The zero-order valence-corrected chi connectivity index (χ0v) is 13.2. The minimum Gasteiger partial charge on any atom is -0.369 e. The lowest BCUT2D eigenvalue weighted by atomic mass is 10.1. The molecule has 1 aliphatic heterocycles. The van der Waals surface area contributed by atoms with Crippen molar-refractivity contribution in [2.45, 2.75) is 6.42 Å². The van der Waals surface area contributed by atoms with Crippen molar-refractivity contribution >= 4 is 29.0 Å². The van der Waals surface area contributed by atoms with Crippen LogP contribution in [0, 0.1) is 0 Å². The lowest BCUT2D eigenvalue weighted by molar-refractivity contribution is 0.882. The standard InChI is InChI=1S/C17H13Cl2N3/c18-12-7-5-11(6-8-12)16-13-9-10-20-17(13)22(21-16)15-4-2-1-3-14(15)19/h1-8,20H,9-10H2. The molecule has 1 aromatic heterocycles. The molecule has 4 rings (SSSR count). The molecular formula is C17H13Cl2N3. The van der Waals surface area contributed by atoms with E-state index in [0.29, 0.717) is 5.02 Å². The maximum Gasteiger partial charge on any atom is 0.133 e. The molecule has 2 aromatic carbocycles. The molecule has 0 unspecified atom stereocenters. The lowest BCUT2D eigenvalue weighted by Gasteiger charge is -2.07. The number of aromatic nitrogens is 2. The largest absolute Gasteiger partial charge is 0.369 e. The topological polar surface area (TPSA) is 29.9 Å². The molecule has 5 heteroatoms. The molecule has 0 atom stereocenters. The summed E-state index contributed by atoms with van der Waals surface area (Å²) in [5, 5.41) is 9.61. The summed E-state index contributed by atoms with van der Waals surface area (Å²) in [5.74, 6) is 1.03. The summed E-state index contributed by atoms with van der Waals surface area (Å²) < 4.78 is 1.90. The quantitative estimate of drug-likeness (QED) is 0.730. The molecule has 22 heavy (non-hydrogen) atoms. The van der Waals surface area contributed by atoms with Gasteiger partial charge >= 0.3 is 0 Å². The third-order valence-electron chi connectivity index (χ3n) is 3.85. The molecular weight excluding hydrogens is 317 g/mol. The van der Waals surface area contributed by atoms with Crippen molar-refractivity contribution < 1.29 is 0 Å². The normalized spacial score (nSPS) is 13.0. The maximum absolute atomic E-state index is 6.33. The second kappa shape index (κ2) is 5.34. The highest BCUT2D eigenvalue weighted by atomic mass is 35.5. The van der Waals surface area contributed by atoms with E-state index >= 15 is 0 Å². The van der Waals surface area contributed by atoms with Gasteiger partial charge in [0.25, 0.3) is 0 Å². The SMILES string of the molecule is Clc1ccc(-c2nn(-c3ccccc3Cl)c3c2CCN3)cc1. The van der Waals surface area contributed by atoms with E-state index in [9.17, 15) is 0 Å². The monoisotopic (exact) mass is 329 g/mol. The second-order valence-corrected chi connectivity index (χ2v) is 6.07. The number of rotatable bonds is 2. The fourth-order valence-corrected chi connectivity index (χ4v) is 3.15. The Morgan fingerprint density at radius 3 is 2.55 bits per heavy atom. The van der Waals surface area contributed by atoms with Crippen LogP contribution in [0.25, 0.3) is 16.9 Å². The average Bonchev–Trinajstić information content (AvgIpc) is 3.11. The van der Waals surface area contributed by atoms with E-state index in [2.05, 4.69) is 5.32 Å². The Balaban J connectivity index is 1.90. The molecule has 1 N–H and O–H groups in total. The van der Waals surface area contributed by atoms with E-state index in [1.165, 1.54) is 5.56 Å². The fourth-order valence-electron chi connectivity index (χ4n) is 2.81. The van der Waals surface area contributed by atoms with Crippen LogP contribution in [0.15, 0.2) is 48.5 Å². The Morgan fingerprint density at radius 1 is 1.00 bits per heavy atom. The molecule has 0 fully saturated rings. The number of nitrogens with zero attached hydrogens (tertiary/aromatic N) is 2. The molecule has 3 aromatic rings. The van der Waals surface area contributed by atoms with Gasteiger partial charge in [0.15, 0.2) is 0 Å². The summed E-state index contributed by atoms with van der Waals surface area (Å²) in [5.41, 5.74) is 4.16. The van der Waals surface area contributed by atoms with Crippen LogP contribution < -0.4 is 5.32 Å². The van der Waals surface area contributed by atoms with Crippen molar-refractivity contribution in [1.82, 2.24) is 9.78 Å². The van der Waals surface area contributed by atoms with E-state index in [1.807, 2.05) is 53.2 Å². The van der Waals surface area contributed by atoms with Crippen LogP contribution in [0.1, 0.15) is 5.56 Å². The van der Waals surface area contributed by atoms with Crippen LogP contribution in [-0.4, -0.2) is 16.3 Å². The zero-order valence-electron chi connectivity index (χ0n) is 11.7. The summed E-state index contributed by atoms with van der Waals surface area (Å²) in [6, 6.07) is 15.5. The van der Waals surface area contributed by atoms with Gasteiger partial charge in [-0.15, -0.1) is 0 Å². The molecule has 2 heterocycles. The third kappa shape index (κ3) is 2.18. The highest BCUT2D eigenvalue weighted by Gasteiger charge is 2.24. The molecule has 110 valence electrons. The van der Waals surface area contributed by atoms with Crippen molar-refractivity contribution in [1.29, 1.82) is 0 Å². The Kier molecular flexibility index (Phi) is 3.32. The number of para-hydroxylation sites is 1. The highest BCUT2D eigenvalue weighted by molar-refractivity contribution is 6.32. The summed E-state index contributed by atoms with van der Waals surface area (Å²) in [6.07, 6.45) is 0.956. The molecule has 0 saturated heterocycles. The van der Waals surface area contributed by atoms with Crippen molar-refractivity contribution in [3.05, 3.63) is 64.1 Å². The molecule has 0 saturated carbocycles. The number of anilines is 1. The minimum atomic E-state index is 0.684. The zero-order chi connectivity index (χ0) is 15.1. The van der Waals surface area contributed by atoms with E-state index < -0.39 is 0 Å². The molecule has 0 bridgehead atoms. The Labute approximate surface area is 138 Å². The van der Waals surface area contributed by atoms with Crippen LogP contribution in [-0.2, 0) is 6.42 Å². The van der Waals surface area contributed by atoms with Crippen molar-refractivity contribution in [3.63, 3.8) is 0 Å². The predicted octanol–water partition coefficient (Wildman–Crippen LogP) is 4.81. The average molecular weight is 330 g/mol. The van der Waals surface area contributed by atoms with Gasteiger partial charge in [-0.1, -0.05) is 47.5 Å². The maximum atomic E-state index is 6.33. The van der Waals surface area contributed by atoms with Gasteiger partial charge in [0.2, 0.25) is 0 Å². The van der Waals surface area contributed by atoms with E-state index in [1.54, 1.807) is 0 Å². The van der Waals surface area contributed by atoms with Crippen LogP contribution in [0.2, 0.25) is 10.0 Å². The van der Waals surface area contributed by atoms with Crippen LogP contribution in [0.5, 0.6) is 0 Å². The second-order valence-electron chi connectivity index (χ2n) is 5.22. The van der Waals surface area contributed by atoms with Crippen molar-refractivity contribution in [3.8, 4) is 16.9 Å². The van der Waals surface area contributed by atoms with E-state index in [4.69, 9.17) is 28.3 Å². The summed E-state index contributed by atoms with van der Waals surface area (Å²) in [7, 11) is 0. The highest BCUT2D eigenvalue weighted by Crippen LogP contribution is 2.36. The number of nitrogens with one attached hydrogen (secondary N) is 1. The lowest BCUT2D eigenvalue weighted by Crippen LogP contribution is -2.04. The van der Waals surface area contributed by atoms with Gasteiger partial charge in [0.1, 0.15) is 5.82 Å². The molecule has 0 radical (unpaired) electrons. The number of fused-ring (bicyclic) bond motifs is 1. The van der Waals surface area contributed by atoms with Gasteiger partial charge in [0, 0.05) is 22.7 Å². The molecule has 0 spiro atoms. The third-order valence-corrected chi connectivity index (χ3v) is 4.42. The first-order valence-electron chi connectivity index (χ1n) is 7.10. The smallest absolute Gasteiger partial charge is 0.133 e. The van der Waals surface area contributed by atoms with Crippen LogP contribution in [0.4, 0.5) is 5.82 Å². The first kappa shape index (κ1) is 13.7. The van der Waals surface area contributed by atoms with Crippen molar-refractivity contribution in [2.75, 3.05) is 11.9 Å². The Bertz CT molecular complexity index is 838. The van der Waals surface area contributed by atoms with Gasteiger partial charge in [-0.2, -0.15) is 5.10 Å². The van der Waals surface area contributed by atoms with E-state index in [0.717, 1.165) is 40.8 Å². The van der Waals surface area contributed by atoms with E-state index in [-0.39, 0.29) is 0 Å².